The van der Waals surface area contributed by atoms with Crippen molar-refractivity contribution >= 4 is 15.7 Å². The van der Waals surface area contributed by atoms with Gasteiger partial charge in [-0.25, -0.2) is 13.1 Å². The standard InChI is InChI=1S/C8H11N2O2S/c1-9-13(11,12)7-10-8-5-3-2-4-6-8/h3-6,9-10H,7H2,1H3. The Hall–Kier alpha value is -1.07. The van der Waals surface area contributed by atoms with E-state index in [-0.39, 0.29) is 5.88 Å². The van der Waals surface area contributed by atoms with Crippen LogP contribution in [0.2, 0.25) is 0 Å². The molecule has 0 atom stereocenters. The zero-order valence-electron chi connectivity index (χ0n) is 7.24. The maximum Gasteiger partial charge on any atom is 0.229 e. The predicted octanol–water partition coefficient (Wildman–Crippen LogP) is 0.405. The smallest absolute Gasteiger partial charge is 0.229 e. The van der Waals surface area contributed by atoms with E-state index in [1.54, 1.807) is 24.3 Å². The average molecular weight is 199 g/mol. The Morgan fingerprint density at radius 3 is 2.54 bits per heavy atom. The third-order valence-corrected chi connectivity index (χ3v) is 2.64. The van der Waals surface area contributed by atoms with Crippen molar-refractivity contribution < 1.29 is 8.42 Å². The topological polar surface area (TPSA) is 58.2 Å². The third kappa shape index (κ3) is 3.43. The molecule has 0 aliphatic carbocycles. The molecule has 0 saturated carbocycles. The van der Waals surface area contributed by atoms with Crippen LogP contribution < -0.4 is 10.0 Å². The minimum Gasteiger partial charge on any atom is -0.370 e. The van der Waals surface area contributed by atoms with Crippen molar-refractivity contribution in [3.63, 3.8) is 0 Å². The molecule has 1 rings (SSSR count). The van der Waals surface area contributed by atoms with Crippen molar-refractivity contribution in [2.24, 2.45) is 0 Å². The van der Waals surface area contributed by atoms with E-state index in [1.807, 2.05) is 0 Å². The quantitative estimate of drug-likeness (QED) is 0.738. The fraction of sp³-hybridized carbons (Fsp3) is 0.250. The summed E-state index contributed by atoms with van der Waals surface area (Å²) in [6, 6.07) is 9.78. The lowest BCUT2D eigenvalue weighted by Crippen LogP contribution is -2.26. The minimum atomic E-state index is -3.19. The molecule has 1 aromatic carbocycles. The second-order valence-corrected chi connectivity index (χ2v) is 4.36. The first-order chi connectivity index (χ1) is 6.14. The number of rotatable bonds is 4. The lowest BCUT2D eigenvalue weighted by atomic mass is 10.3. The molecule has 0 fully saturated rings. The number of anilines is 1. The average Bonchev–Trinajstić information content (AvgIpc) is 2.17. The molecule has 0 spiro atoms. The number of hydrogen-bond acceptors (Lipinski definition) is 3. The Kier molecular flexibility index (Phi) is 3.27. The van der Waals surface area contributed by atoms with Crippen LogP contribution in [0, 0.1) is 6.07 Å². The van der Waals surface area contributed by atoms with Crippen LogP contribution in [-0.4, -0.2) is 21.3 Å². The van der Waals surface area contributed by atoms with Gasteiger partial charge in [0.15, 0.2) is 0 Å². The zero-order chi connectivity index (χ0) is 9.73. The second-order valence-electron chi connectivity index (χ2n) is 2.43. The summed E-state index contributed by atoms with van der Waals surface area (Å²) in [5.41, 5.74) is 0.762. The van der Waals surface area contributed by atoms with Crippen LogP contribution in [0.1, 0.15) is 0 Å². The Labute approximate surface area is 78.0 Å². The first kappa shape index (κ1) is 10.0. The van der Waals surface area contributed by atoms with E-state index in [1.165, 1.54) is 7.05 Å². The molecule has 2 N–H and O–H groups in total. The van der Waals surface area contributed by atoms with Gasteiger partial charge in [0.2, 0.25) is 10.0 Å². The highest BCUT2D eigenvalue weighted by Gasteiger charge is 2.04. The van der Waals surface area contributed by atoms with E-state index in [0.29, 0.717) is 0 Å². The van der Waals surface area contributed by atoms with Gasteiger partial charge in [0.25, 0.3) is 0 Å². The highest BCUT2D eigenvalue weighted by atomic mass is 32.2. The summed E-state index contributed by atoms with van der Waals surface area (Å²) in [5.74, 6) is -0.118. The van der Waals surface area contributed by atoms with Crippen molar-refractivity contribution in [3.05, 3.63) is 30.3 Å². The van der Waals surface area contributed by atoms with Gasteiger partial charge in [0.05, 0.1) is 0 Å². The highest BCUT2D eigenvalue weighted by molar-refractivity contribution is 7.89. The largest absolute Gasteiger partial charge is 0.370 e. The molecule has 0 saturated heterocycles. The van der Waals surface area contributed by atoms with Crippen molar-refractivity contribution in [2.45, 2.75) is 0 Å². The van der Waals surface area contributed by atoms with Gasteiger partial charge in [-0.2, -0.15) is 0 Å². The molecule has 0 heterocycles. The first-order valence-electron chi connectivity index (χ1n) is 3.75. The molecule has 4 nitrogen and oxygen atoms in total. The molecule has 0 amide bonds. The van der Waals surface area contributed by atoms with Crippen LogP contribution in [0.25, 0.3) is 0 Å². The van der Waals surface area contributed by atoms with Crippen molar-refractivity contribution in [1.29, 1.82) is 0 Å². The summed E-state index contributed by atoms with van der Waals surface area (Å²) in [6.45, 7) is 0. The lowest BCUT2D eigenvalue weighted by Gasteiger charge is -2.05. The van der Waals surface area contributed by atoms with Gasteiger partial charge in [0.1, 0.15) is 5.88 Å². The predicted molar refractivity (Wildman–Crippen MR) is 51.7 cm³/mol. The third-order valence-electron chi connectivity index (χ3n) is 1.50. The summed E-state index contributed by atoms with van der Waals surface area (Å²) in [5, 5.41) is 2.77. The minimum absolute atomic E-state index is 0.118. The maximum absolute atomic E-state index is 11.0. The molecule has 71 valence electrons. The molecule has 0 aromatic heterocycles. The molecule has 0 unspecified atom stereocenters. The summed E-state index contributed by atoms with van der Waals surface area (Å²) in [4.78, 5) is 0. The van der Waals surface area contributed by atoms with E-state index >= 15 is 0 Å². The Morgan fingerprint density at radius 1 is 1.38 bits per heavy atom. The van der Waals surface area contributed by atoms with E-state index in [4.69, 9.17) is 0 Å². The van der Waals surface area contributed by atoms with Gasteiger partial charge in [-0.05, 0) is 25.2 Å². The fourth-order valence-electron chi connectivity index (χ4n) is 0.755. The van der Waals surface area contributed by atoms with Crippen LogP contribution in [0.4, 0.5) is 5.69 Å². The Balaban J connectivity index is 2.54. The van der Waals surface area contributed by atoms with Gasteiger partial charge in [-0.15, -0.1) is 0 Å². The lowest BCUT2D eigenvalue weighted by molar-refractivity contribution is 0.590. The van der Waals surface area contributed by atoms with Crippen molar-refractivity contribution in [2.75, 3.05) is 18.2 Å². The monoisotopic (exact) mass is 199 g/mol. The molecule has 0 aliphatic heterocycles. The van der Waals surface area contributed by atoms with E-state index in [2.05, 4.69) is 16.1 Å². The Morgan fingerprint density at radius 2 is 2.00 bits per heavy atom. The summed E-state index contributed by atoms with van der Waals surface area (Å²) >= 11 is 0. The van der Waals surface area contributed by atoms with Crippen LogP contribution in [-0.2, 0) is 10.0 Å². The summed E-state index contributed by atoms with van der Waals surface area (Å²) in [6.07, 6.45) is 0. The summed E-state index contributed by atoms with van der Waals surface area (Å²) < 4.78 is 24.2. The molecular formula is C8H11N2O2S. The zero-order valence-corrected chi connectivity index (χ0v) is 8.06. The number of sulfonamides is 1. The number of nitrogens with one attached hydrogen (secondary N) is 2. The second kappa shape index (κ2) is 4.25. The van der Waals surface area contributed by atoms with Gasteiger partial charge in [-0.3, -0.25) is 0 Å². The van der Waals surface area contributed by atoms with Crippen LogP contribution in [0.3, 0.4) is 0 Å². The fourth-order valence-corrected chi connectivity index (χ4v) is 1.26. The molecule has 5 heteroatoms. The molecule has 1 radical (unpaired) electrons. The van der Waals surface area contributed by atoms with Gasteiger partial charge < -0.3 is 5.32 Å². The van der Waals surface area contributed by atoms with Crippen LogP contribution in [0.5, 0.6) is 0 Å². The van der Waals surface area contributed by atoms with Crippen LogP contribution >= 0.6 is 0 Å². The molecule has 13 heavy (non-hydrogen) atoms. The number of hydrogen-bond donors (Lipinski definition) is 2. The summed E-state index contributed by atoms with van der Waals surface area (Å²) in [7, 11) is -1.80. The highest BCUT2D eigenvalue weighted by Crippen LogP contribution is 2.04. The molecule has 0 aliphatic rings. The van der Waals surface area contributed by atoms with Crippen molar-refractivity contribution in [1.82, 2.24) is 4.72 Å². The normalized spacial score (nSPS) is 11.2. The molecular weight excluding hydrogens is 188 g/mol. The van der Waals surface area contributed by atoms with Gasteiger partial charge >= 0.3 is 0 Å². The molecule has 1 aromatic rings. The van der Waals surface area contributed by atoms with Gasteiger partial charge in [0, 0.05) is 5.69 Å². The number of benzene rings is 1. The van der Waals surface area contributed by atoms with Crippen molar-refractivity contribution in [3.8, 4) is 0 Å². The Bertz CT molecular complexity index is 348. The molecule has 0 bridgehead atoms. The van der Waals surface area contributed by atoms with Gasteiger partial charge in [-0.1, -0.05) is 12.1 Å². The maximum atomic E-state index is 11.0. The van der Waals surface area contributed by atoms with Crippen LogP contribution in [0.15, 0.2) is 24.3 Å². The van der Waals surface area contributed by atoms with E-state index in [0.717, 1.165) is 5.69 Å². The first-order valence-corrected chi connectivity index (χ1v) is 5.40. The SMILES string of the molecule is CNS(=O)(=O)CNc1cc[c]cc1. The van der Waals surface area contributed by atoms with E-state index in [9.17, 15) is 8.42 Å². The van der Waals surface area contributed by atoms with E-state index < -0.39 is 10.0 Å².